The summed E-state index contributed by atoms with van der Waals surface area (Å²) in [4.78, 5) is 56.8. The van der Waals surface area contributed by atoms with Crippen LogP contribution in [-0.4, -0.2) is 99.9 Å². The third-order valence-corrected chi connectivity index (χ3v) is 7.66. The van der Waals surface area contributed by atoms with Crippen molar-refractivity contribution in [1.29, 1.82) is 0 Å². The Labute approximate surface area is 234 Å². The molecule has 1 heterocycles. The van der Waals surface area contributed by atoms with E-state index in [0.29, 0.717) is 63.5 Å². The van der Waals surface area contributed by atoms with Gasteiger partial charge < -0.3 is 9.80 Å². The highest BCUT2D eigenvalue weighted by atomic mass is 32.1. The molecule has 0 aliphatic carbocycles. The predicted molar refractivity (Wildman–Crippen MR) is 155 cm³/mol. The zero-order chi connectivity index (χ0) is 28.4. The van der Waals surface area contributed by atoms with Gasteiger partial charge in [0, 0.05) is 45.3 Å². The summed E-state index contributed by atoms with van der Waals surface area (Å²) in [6.45, 7) is 15.1. The Balaban J connectivity index is 2.43. The van der Waals surface area contributed by atoms with Gasteiger partial charge in [-0.2, -0.15) is 0 Å². The van der Waals surface area contributed by atoms with Gasteiger partial charge in [-0.25, -0.2) is 0 Å². The molecule has 1 aliphatic heterocycles. The molecule has 1 fully saturated rings. The van der Waals surface area contributed by atoms with Crippen LogP contribution in [0, 0.1) is 10.8 Å². The molecule has 0 radical (unpaired) electrons. The van der Waals surface area contributed by atoms with E-state index in [1.165, 1.54) is 5.49 Å². The molecule has 0 aromatic heterocycles. The van der Waals surface area contributed by atoms with Crippen LogP contribution < -0.4 is 0 Å². The fourth-order valence-electron chi connectivity index (χ4n) is 4.15. The van der Waals surface area contributed by atoms with Crippen LogP contribution in [0.4, 0.5) is 0 Å². The van der Waals surface area contributed by atoms with Crippen molar-refractivity contribution in [3.05, 3.63) is 0 Å². The number of likely N-dealkylation sites (N-methyl/N-ethyl adjacent to an activating group) is 2. The Hall–Kier alpha value is -1.78. The number of carbonyl (C=O) groups is 4. The van der Waals surface area contributed by atoms with Crippen molar-refractivity contribution in [2.45, 2.75) is 80.1 Å². The molecule has 1 rings (SSSR count). The van der Waals surface area contributed by atoms with Gasteiger partial charge in [0.05, 0.1) is 18.6 Å². The monoisotopic (exact) mass is 554 g/mol. The molecule has 1 saturated heterocycles. The minimum atomic E-state index is -0.277. The standard InChI is InChI=1S/C27H46N4O4S2/c1-8-28(7)16-23(34)30(20-36)18-26(3,4)14-12-21(32)10-11-22(33)13-15-27(5,6)19-31-24(35)17-29(9-2)25(31)37/h20H,8-19H2,1-7H3. The van der Waals surface area contributed by atoms with Crippen LogP contribution in [0.25, 0.3) is 0 Å². The van der Waals surface area contributed by atoms with Crippen molar-refractivity contribution in [2.75, 3.05) is 46.3 Å². The molecular formula is C27H46N4O4S2. The molecule has 0 spiro atoms. The first-order chi connectivity index (χ1) is 17.1. The minimum absolute atomic E-state index is 0.00570. The molecule has 0 aromatic carbocycles. The molecule has 1 aliphatic rings. The summed E-state index contributed by atoms with van der Waals surface area (Å²) in [5.41, 5.74) is 0.854. The number of amides is 2. The number of nitrogens with zero attached hydrogens (tertiary/aromatic N) is 4. The summed E-state index contributed by atoms with van der Waals surface area (Å²) in [7, 11) is 1.88. The van der Waals surface area contributed by atoms with E-state index >= 15 is 0 Å². The van der Waals surface area contributed by atoms with Gasteiger partial charge in [-0.05, 0) is 56.4 Å². The molecule has 0 N–H and O–H groups in total. The summed E-state index contributed by atoms with van der Waals surface area (Å²) in [5.74, 6) is 0.0695. The highest BCUT2D eigenvalue weighted by molar-refractivity contribution is 7.80. The Bertz CT molecular complexity index is 859. The first kappa shape index (κ1) is 33.2. The van der Waals surface area contributed by atoms with Gasteiger partial charge in [0.2, 0.25) is 11.8 Å². The second-order valence-corrected chi connectivity index (χ2v) is 12.2. The summed E-state index contributed by atoms with van der Waals surface area (Å²) >= 11 is 10.5. The molecule has 0 bridgehead atoms. The zero-order valence-corrected chi connectivity index (χ0v) is 25.4. The van der Waals surface area contributed by atoms with Crippen LogP contribution in [0.5, 0.6) is 0 Å². The second kappa shape index (κ2) is 15.0. The molecule has 8 nitrogen and oxygen atoms in total. The second-order valence-electron chi connectivity index (χ2n) is 11.6. The van der Waals surface area contributed by atoms with Crippen molar-refractivity contribution in [2.24, 2.45) is 10.8 Å². The van der Waals surface area contributed by atoms with E-state index in [0.717, 1.165) is 6.54 Å². The maximum Gasteiger partial charge on any atom is 0.248 e. The van der Waals surface area contributed by atoms with E-state index in [2.05, 4.69) is 0 Å². The van der Waals surface area contributed by atoms with Crippen LogP contribution >= 0.6 is 24.4 Å². The summed E-state index contributed by atoms with van der Waals surface area (Å²) in [6, 6.07) is 0. The van der Waals surface area contributed by atoms with Crippen molar-refractivity contribution in [3.8, 4) is 0 Å². The third kappa shape index (κ3) is 11.7. The van der Waals surface area contributed by atoms with Gasteiger partial charge in [0.15, 0.2) is 5.11 Å². The van der Waals surface area contributed by atoms with Crippen LogP contribution in [0.1, 0.15) is 80.1 Å². The van der Waals surface area contributed by atoms with Gasteiger partial charge in [0.25, 0.3) is 0 Å². The van der Waals surface area contributed by atoms with Crippen LogP contribution in [0.15, 0.2) is 0 Å². The van der Waals surface area contributed by atoms with E-state index < -0.39 is 0 Å². The molecule has 2 amide bonds. The first-order valence-electron chi connectivity index (χ1n) is 13.2. The van der Waals surface area contributed by atoms with E-state index in [4.69, 9.17) is 24.4 Å². The lowest BCUT2D eigenvalue weighted by molar-refractivity contribution is -0.129. The molecule has 10 heteroatoms. The van der Waals surface area contributed by atoms with Crippen LogP contribution in [-0.2, 0) is 19.2 Å². The van der Waals surface area contributed by atoms with Crippen molar-refractivity contribution < 1.29 is 19.2 Å². The van der Waals surface area contributed by atoms with E-state index in [1.54, 1.807) is 9.80 Å². The van der Waals surface area contributed by atoms with Gasteiger partial charge in [0.1, 0.15) is 11.6 Å². The predicted octanol–water partition coefficient (Wildman–Crippen LogP) is 3.70. The lowest BCUT2D eigenvalue weighted by Gasteiger charge is -2.31. The number of hydrogen-bond donors (Lipinski definition) is 0. The SMILES string of the molecule is CCN(C)CC(=O)N(C=S)CC(C)(C)CCC(=O)CCC(=O)CCC(C)(C)CN1C(=O)CN(CC)C1=S. The first-order valence-corrected chi connectivity index (χ1v) is 14.1. The number of carbonyl (C=O) groups excluding carboxylic acids is 4. The van der Waals surface area contributed by atoms with Gasteiger partial charge in [-0.3, -0.25) is 29.0 Å². The number of rotatable bonds is 18. The van der Waals surface area contributed by atoms with Gasteiger partial charge in [-0.15, -0.1) is 0 Å². The van der Waals surface area contributed by atoms with Gasteiger partial charge in [-0.1, -0.05) is 46.8 Å². The lowest BCUT2D eigenvalue weighted by atomic mass is 9.85. The molecular weight excluding hydrogens is 508 g/mol. The van der Waals surface area contributed by atoms with Crippen LogP contribution in [0.3, 0.4) is 0 Å². The van der Waals surface area contributed by atoms with Gasteiger partial charge >= 0.3 is 0 Å². The molecule has 210 valence electrons. The third-order valence-electron chi connectivity index (χ3n) is 6.93. The average Bonchev–Trinajstić information content (AvgIpc) is 3.10. The van der Waals surface area contributed by atoms with Crippen LogP contribution in [0.2, 0.25) is 0 Å². The van der Waals surface area contributed by atoms with E-state index in [-0.39, 0.29) is 47.1 Å². The summed E-state index contributed by atoms with van der Waals surface area (Å²) in [5, 5.41) is 0.562. The number of Topliss-reactive ketones (excluding diaryl/α,β-unsaturated/α-hetero) is 2. The number of hydrogen-bond acceptors (Lipinski definition) is 7. The highest BCUT2D eigenvalue weighted by Crippen LogP contribution is 2.27. The largest absolute Gasteiger partial charge is 0.340 e. The van der Waals surface area contributed by atoms with E-state index in [1.807, 2.05) is 58.4 Å². The quantitative estimate of drug-likeness (QED) is 0.237. The van der Waals surface area contributed by atoms with Crippen molar-refractivity contribution in [3.63, 3.8) is 0 Å². The molecule has 0 aromatic rings. The Kier molecular flexibility index (Phi) is 13.5. The fourth-order valence-corrected chi connectivity index (χ4v) is 4.70. The summed E-state index contributed by atoms with van der Waals surface area (Å²) < 4.78 is 0. The fraction of sp³-hybridized carbons (Fsp3) is 0.778. The normalized spacial score (nSPS) is 14.5. The molecule has 0 atom stereocenters. The van der Waals surface area contributed by atoms with Crippen molar-refractivity contribution in [1.82, 2.24) is 19.6 Å². The maximum atomic E-state index is 12.5. The molecule has 37 heavy (non-hydrogen) atoms. The Morgan fingerprint density at radius 2 is 1.51 bits per heavy atom. The maximum absolute atomic E-state index is 12.5. The Morgan fingerprint density at radius 3 is 1.97 bits per heavy atom. The Morgan fingerprint density at radius 1 is 0.973 bits per heavy atom. The van der Waals surface area contributed by atoms with E-state index in [9.17, 15) is 19.2 Å². The highest BCUT2D eigenvalue weighted by Gasteiger charge is 2.35. The average molecular weight is 555 g/mol. The molecule has 0 unspecified atom stereocenters. The zero-order valence-electron chi connectivity index (χ0n) is 23.8. The smallest absolute Gasteiger partial charge is 0.248 e. The van der Waals surface area contributed by atoms with Crippen molar-refractivity contribution >= 4 is 58.4 Å². The topological polar surface area (TPSA) is 81.2 Å². The number of thiocarbonyl (C=S) groups is 2. The lowest BCUT2D eigenvalue weighted by Crippen LogP contribution is -2.42. The minimum Gasteiger partial charge on any atom is -0.340 e. The summed E-state index contributed by atoms with van der Waals surface area (Å²) in [6.07, 6.45) is 2.43. The number of ketones is 2. The molecule has 0 saturated carbocycles.